The second-order valence-corrected chi connectivity index (χ2v) is 5.96. The van der Waals surface area contributed by atoms with Crippen LogP contribution < -0.4 is 10.5 Å². The molecule has 0 aliphatic rings. The van der Waals surface area contributed by atoms with E-state index in [-0.39, 0.29) is 16.0 Å². The molecule has 18 heavy (non-hydrogen) atoms. The molecule has 0 bridgehead atoms. The fourth-order valence-corrected chi connectivity index (χ4v) is 3.15. The van der Waals surface area contributed by atoms with Gasteiger partial charge in [-0.2, -0.15) is 0 Å². The number of nitrogen functional groups attached to an aromatic ring is 1. The van der Waals surface area contributed by atoms with Gasteiger partial charge in [0.05, 0.1) is 11.6 Å². The predicted octanol–water partition coefficient (Wildman–Crippen LogP) is 1.63. The van der Waals surface area contributed by atoms with Crippen molar-refractivity contribution in [3.8, 4) is 0 Å². The molecule has 0 heterocycles. The van der Waals surface area contributed by atoms with E-state index >= 15 is 0 Å². The van der Waals surface area contributed by atoms with Crippen molar-refractivity contribution < 1.29 is 13.2 Å². The van der Waals surface area contributed by atoms with E-state index < -0.39 is 10.0 Å². The van der Waals surface area contributed by atoms with Crippen LogP contribution in [0.5, 0.6) is 0 Å². The zero-order valence-electron chi connectivity index (χ0n) is 10.3. The molecule has 0 fully saturated rings. The Morgan fingerprint density at radius 3 is 2.78 bits per heavy atom. The summed E-state index contributed by atoms with van der Waals surface area (Å²) in [5.74, 6) is 0. The van der Waals surface area contributed by atoms with Crippen molar-refractivity contribution in [2.24, 2.45) is 0 Å². The number of halogens is 1. The lowest BCUT2D eigenvalue weighted by Gasteiger charge is -2.15. The van der Waals surface area contributed by atoms with E-state index in [4.69, 9.17) is 22.1 Å². The third-order valence-corrected chi connectivity index (χ3v) is 4.24. The molecule has 0 saturated carbocycles. The first-order valence-electron chi connectivity index (χ1n) is 5.52. The van der Waals surface area contributed by atoms with Crippen LogP contribution in [0.2, 0.25) is 5.02 Å². The summed E-state index contributed by atoms with van der Waals surface area (Å²) in [6.07, 6.45) is 0. The maximum Gasteiger partial charge on any atom is 0.242 e. The van der Waals surface area contributed by atoms with Crippen LogP contribution >= 0.6 is 11.6 Å². The highest BCUT2D eigenvalue weighted by molar-refractivity contribution is 7.89. The summed E-state index contributed by atoms with van der Waals surface area (Å²) in [6.45, 7) is 4.39. The number of hydrogen-bond donors (Lipinski definition) is 2. The number of anilines is 1. The van der Waals surface area contributed by atoms with Gasteiger partial charge < -0.3 is 10.5 Å². The summed E-state index contributed by atoms with van der Waals surface area (Å²) in [5.41, 5.74) is 5.90. The van der Waals surface area contributed by atoms with Crippen molar-refractivity contribution in [1.29, 1.82) is 0 Å². The molecule has 0 spiro atoms. The zero-order valence-corrected chi connectivity index (χ0v) is 11.9. The molecular formula is C11H17ClN2O3S. The summed E-state index contributed by atoms with van der Waals surface area (Å²) in [5, 5.41) is 0.139. The average Bonchev–Trinajstić information content (AvgIpc) is 2.29. The topological polar surface area (TPSA) is 81.4 Å². The predicted molar refractivity (Wildman–Crippen MR) is 72.1 cm³/mol. The molecule has 1 atom stereocenters. The third-order valence-electron chi connectivity index (χ3n) is 2.17. The number of benzene rings is 1. The Hall–Kier alpha value is -0.820. The van der Waals surface area contributed by atoms with Crippen LogP contribution in [0.25, 0.3) is 0 Å². The fourth-order valence-electron chi connectivity index (χ4n) is 1.38. The quantitative estimate of drug-likeness (QED) is 0.781. The molecule has 1 aromatic carbocycles. The summed E-state index contributed by atoms with van der Waals surface area (Å²) < 4.78 is 31.8. The van der Waals surface area contributed by atoms with E-state index in [1.54, 1.807) is 13.0 Å². The van der Waals surface area contributed by atoms with Crippen molar-refractivity contribution in [3.63, 3.8) is 0 Å². The number of rotatable bonds is 6. The maximum atomic E-state index is 12.1. The van der Waals surface area contributed by atoms with E-state index in [0.717, 1.165) is 0 Å². The highest BCUT2D eigenvalue weighted by Crippen LogP contribution is 2.23. The van der Waals surface area contributed by atoms with Gasteiger partial charge in [0.15, 0.2) is 0 Å². The molecule has 5 nitrogen and oxygen atoms in total. The summed E-state index contributed by atoms with van der Waals surface area (Å²) >= 11 is 5.86. The van der Waals surface area contributed by atoms with Crippen molar-refractivity contribution in [3.05, 3.63) is 23.2 Å². The summed E-state index contributed by atoms with van der Waals surface area (Å²) in [7, 11) is -3.69. The van der Waals surface area contributed by atoms with Gasteiger partial charge in [-0.15, -0.1) is 0 Å². The molecule has 0 saturated heterocycles. The number of nitrogens with two attached hydrogens (primary N) is 1. The molecule has 0 radical (unpaired) electrons. The van der Waals surface area contributed by atoms with Crippen molar-refractivity contribution in [2.75, 3.05) is 18.9 Å². The van der Waals surface area contributed by atoms with Gasteiger partial charge in [-0.25, -0.2) is 13.1 Å². The van der Waals surface area contributed by atoms with Crippen molar-refractivity contribution in [2.45, 2.75) is 24.8 Å². The van der Waals surface area contributed by atoms with E-state index in [0.29, 0.717) is 18.9 Å². The van der Waals surface area contributed by atoms with E-state index in [9.17, 15) is 8.42 Å². The second-order valence-electron chi connectivity index (χ2n) is 3.87. The molecule has 0 aromatic heterocycles. The van der Waals surface area contributed by atoms with Crippen LogP contribution in [-0.2, 0) is 14.8 Å². The number of hydrogen-bond acceptors (Lipinski definition) is 4. The van der Waals surface area contributed by atoms with Gasteiger partial charge in [0.2, 0.25) is 10.0 Å². The molecular weight excluding hydrogens is 276 g/mol. The second kappa shape index (κ2) is 6.38. The Bertz CT molecular complexity index is 505. The van der Waals surface area contributed by atoms with Crippen molar-refractivity contribution in [1.82, 2.24) is 4.72 Å². The molecule has 1 aromatic rings. The molecule has 1 unspecified atom stereocenters. The number of sulfonamides is 1. The van der Waals surface area contributed by atoms with Gasteiger partial charge in [-0.3, -0.25) is 0 Å². The molecule has 0 amide bonds. The Morgan fingerprint density at radius 1 is 1.50 bits per heavy atom. The normalized spacial score (nSPS) is 13.5. The largest absolute Gasteiger partial charge is 0.399 e. The SMILES string of the molecule is CCOCC(C)NS(=O)(=O)c1cc(N)ccc1Cl. The highest BCUT2D eigenvalue weighted by Gasteiger charge is 2.20. The first-order chi connectivity index (χ1) is 8.36. The number of nitrogens with one attached hydrogen (secondary N) is 1. The lowest BCUT2D eigenvalue weighted by Crippen LogP contribution is -2.36. The lowest BCUT2D eigenvalue weighted by molar-refractivity contribution is 0.133. The van der Waals surface area contributed by atoms with Crippen LogP contribution in [0.15, 0.2) is 23.1 Å². The number of ether oxygens (including phenoxy) is 1. The highest BCUT2D eigenvalue weighted by atomic mass is 35.5. The van der Waals surface area contributed by atoms with Gasteiger partial charge in [0.25, 0.3) is 0 Å². The molecule has 7 heteroatoms. The maximum absolute atomic E-state index is 12.1. The minimum absolute atomic E-state index is 0.0208. The van der Waals surface area contributed by atoms with Gasteiger partial charge in [-0.05, 0) is 32.0 Å². The third kappa shape index (κ3) is 4.13. The van der Waals surface area contributed by atoms with Gasteiger partial charge in [-0.1, -0.05) is 11.6 Å². The Morgan fingerprint density at radius 2 is 2.17 bits per heavy atom. The first kappa shape index (κ1) is 15.2. The lowest BCUT2D eigenvalue weighted by atomic mass is 10.3. The van der Waals surface area contributed by atoms with Crippen LogP contribution in [0.4, 0.5) is 5.69 Å². The summed E-state index contributed by atoms with van der Waals surface area (Å²) in [4.78, 5) is -0.0208. The Balaban J connectivity index is 2.89. The van der Waals surface area contributed by atoms with Crippen LogP contribution in [-0.4, -0.2) is 27.7 Å². The minimum atomic E-state index is -3.69. The Kier molecular flexibility index (Phi) is 5.40. The van der Waals surface area contributed by atoms with Gasteiger partial charge in [0.1, 0.15) is 4.90 Å². The van der Waals surface area contributed by atoms with Gasteiger partial charge in [0, 0.05) is 18.3 Å². The monoisotopic (exact) mass is 292 g/mol. The van der Waals surface area contributed by atoms with Crippen LogP contribution in [0, 0.1) is 0 Å². The zero-order chi connectivity index (χ0) is 13.8. The fraction of sp³-hybridized carbons (Fsp3) is 0.455. The smallest absolute Gasteiger partial charge is 0.242 e. The summed E-state index contributed by atoms with van der Waals surface area (Å²) in [6, 6.07) is 3.99. The molecule has 1 rings (SSSR count). The van der Waals surface area contributed by atoms with Gasteiger partial charge >= 0.3 is 0 Å². The molecule has 3 N–H and O–H groups in total. The molecule has 0 aliphatic heterocycles. The van der Waals surface area contributed by atoms with E-state index in [1.165, 1.54) is 12.1 Å². The average molecular weight is 293 g/mol. The van der Waals surface area contributed by atoms with Crippen molar-refractivity contribution >= 4 is 27.3 Å². The first-order valence-corrected chi connectivity index (χ1v) is 7.38. The molecule has 102 valence electrons. The van der Waals surface area contributed by atoms with E-state index in [2.05, 4.69) is 4.72 Å². The van der Waals surface area contributed by atoms with Crippen LogP contribution in [0.1, 0.15) is 13.8 Å². The minimum Gasteiger partial charge on any atom is -0.399 e. The van der Waals surface area contributed by atoms with Crippen LogP contribution in [0.3, 0.4) is 0 Å². The standard InChI is InChI=1S/C11H17ClN2O3S/c1-3-17-7-8(2)14-18(15,16)11-6-9(13)4-5-10(11)12/h4-6,8,14H,3,7,13H2,1-2H3. The molecule has 0 aliphatic carbocycles. The Labute approximate surface area is 112 Å². The van der Waals surface area contributed by atoms with E-state index in [1.807, 2.05) is 6.92 Å².